The second-order valence-electron chi connectivity index (χ2n) is 6.91. The van der Waals surface area contributed by atoms with Crippen molar-refractivity contribution in [3.8, 4) is 28.5 Å². The summed E-state index contributed by atoms with van der Waals surface area (Å²) >= 11 is 0.952. The topological polar surface area (TPSA) is 96.6 Å². The van der Waals surface area contributed by atoms with E-state index < -0.39 is 12.2 Å². The maximum absolute atomic E-state index is 14.0. The van der Waals surface area contributed by atoms with Crippen LogP contribution in [0.1, 0.15) is 27.2 Å². The maximum atomic E-state index is 14.0. The molecule has 0 amide bonds. The van der Waals surface area contributed by atoms with Crippen LogP contribution in [0.5, 0.6) is 17.2 Å². The summed E-state index contributed by atoms with van der Waals surface area (Å²) in [5.41, 5.74) is 6.97. The second-order valence-corrected chi connectivity index (χ2v) is 7.91. The number of aromatic nitrogens is 2. The minimum Gasteiger partial charge on any atom is -0.493 e. The molecule has 0 saturated carbocycles. The van der Waals surface area contributed by atoms with Gasteiger partial charge in [0.15, 0.2) is 11.5 Å². The van der Waals surface area contributed by atoms with E-state index in [0.29, 0.717) is 17.0 Å². The minimum atomic E-state index is -2.81. The van der Waals surface area contributed by atoms with Gasteiger partial charge < -0.3 is 19.9 Å². The first-order valence-corrected chi connectivity index (χ1v) is 10.5. The summed E-state index contributed by atoms with van der Waals surface area (Å²) in [6, 6.07) is 7.65. The van der Waals surface area contributed by atoms with E-state index in [9.17, 15) is 13.6 Å². The SMILES string of the molecule is COc1cc(C(=O)c2sc3nc(-c4cccnc4)cc(C(F)F)c3c2N)cc(OC)c1OC. The minimum absolute atomic E-state index is 0.0470. The Morgan fingerprint density at radius 1 is 1.09 bits per heavy atom. The van der Waals surface area contributed by atoms with E-state index >= 15 is 0 Å². The molecule has 0 spiro atoms. The molecule has 0 atom stereocenters. The Labute approximate surface area is 191 Å². The average Bonchev–Trinajstić information content (AvgIpc) is 3.18. The third-order valence-corrected chi connectivity index (χ3v) is 6.15. The molecule has 0 saturated heterocycles. The lowest BCUT2D eigenvalue weighted by Crippen LogP contribution is -2.05. The van der Waals surface area contributed by atoms with Gasteiger partial charge in [0.05, 0.1) is 32.7 Å². The van der Waals surface area contributed by atoms with E-state index in [1.165, 1.54) is 45.7 Å². The third-order valence-electron chi connectivity index (χ3n) is 5.06. The van der Waals surface area contributed by atoms with Crippen molar-refractivity contribution in [3.05, 3.63) is 58.7 Å². The summed E-state index contributed by atoms with van der Waals surface area (Å²) in [7, 11) is 4.31. The van der Waals surface area contributed by atoms with Gasteiger partial charge in [-0.3, -0.25) is 9.78 Å². The number of ether oxygens (including phenoxy) is 3. The van der Waals surface area contributed by atoms with Crippen LogP contribution in [-0.2, 0) is 0 Å². The van der Waals surface area contributed by atoms with Crippen LogP contribution in [-0.4, -0.2) is 37.1 Å². The molecule has 0 aliphatic rings. The zero-order valence-electron chi connectivity index (χ0n) is 17.9. The normalized spacial score (nSPS) is 11.1. The number of nitrogen functional groups attached to an aromatic ring is 1. The molecule has 4 aromatic rings. The number of ketones is 1. The number of nitrogens with two attached hydrogens (primary N) is 1. The van der Waals surface area contributed by atoms with Gasteiger partial charge in [-0.25, -0.2) is 13.8 Å². The van der Waals surface area contributed by atoms with Crippen LogP contribution < -0.4 is 19.9 Å². The highest BCUT2D eigenvalue weighted by molar-refractivity contribution is 7.21. The number of anilines is 1. The van der Waals surface area contributed by atoms with Gasteiger partial charge >= 0.3 is 0 Å². The van der Waals surface area contributed by atoms with Gasteiger partial charge in [-0.1, -0.05) is 0 Å². The van der Waals surface area contributed by atoms with E-state index in [-0.39, 0.29) is 43.4 Å². The highest BCUT2D eigenvalue weighted by Gasteiger charge is 2.26. The Balaban J connectivity index is 1.89. The lowest BCUT2D eigenvalue weighted by molar-refractivity contribution is 0.104. The monoisotopic (exact) mass is 471 g/mol. The molecule has 3 aromatic heterocycles. The summed E-state index contributed by atoms with van der Waals surface area (Å²) in [4.78, 5) is 22.2. The van der Waals surface area contributed by atoms with E-state index in [1.807, 2.05) is 0 Å². The predicted molar refractivity (Wildman–Crippen MR) is 122 cm³/mol. The maximum Gasteiger partial charge on any atom is 0.264 e. The number of hydrogen-bond donors (Lipinski definition) is 1. The molecule has 0 aliphatic carbocycles. The zero-order valence-corrected chi connectivity index (χ0v) is 18.7. The van der Waals surface area contributed by atoms with Crippen molar-refractivity contribution in [1.82, 2.24) is 9.97 Å². The Morgan fingerprint density at radius 2 is 1.79 bits per heavy atom. The van der Waals surface area contributed by atoms with Crippen LogP contribution in [0.25, 0.3) is 21.5 Å². The number of rotatable bonds is 7. The van der Waals surface area contributed by atoms with Gasteiger partial charge in [0, 0.05) is 34.5 Å². The lowest BCUT2D eigenvalue weighted by Gasteiger charge is -2.13. The second kappa shape index (κ2) is 8.99. The summed E-state index contributed by atoms with van der Waals surface area (Å²) in [5, 5.41) is 0.0680. The molecular formula is C23H19F2N3O4S. The van der Waals surface area contributed by atoms with Crippen LogP contribution in [0.3, 0.4) is 0 Å². The summed E-state index contributed by atoms with van der Waals surface area (Å²) in [6.45, 7) is 0. The van der Waals surface area contributed by atoms with Crippen LogP contribution in [0.15, 0.2) is 42.7 Å². The fourth-order valence-corrected chi connectivity index (χ4v) is 4.59. The fourth-order valence-electron chi connectivity index (χ4n) is 3.50. The van der Waals surface area contributed by atoms with Crippen LogP contribution >= 0.6 is 11.3 Å². The van der Waals surface area contributed by atoms with Crippen molar-refractivity contribution in [2.24, 2.45) is 0 Å². The van der Waals surface area contributed by atoms with Crippen LogP contribution in [0.2, 0.25) is 0 Å². The number of hydrogen-bond acceptors (Lipinski definition) is 8. The molecule has 1 aromatic carbocycles. The standard InChI is InChI=1S/C23H19F2N3O4S/c1-30-15-7-12(8-16(31-2)20(15)32-3)19(29)21-18(26)17-13(22(24)25)9-14(28-23(17)33-21)11-5-4-6-27-10-11/h4-10,22H,26H2,1-3H3. The van der Waals surface area contributed by atoms with Crippen molar-refractivity contribution >= 4 is 33.0 Å². The van der Waals surface area contributed by atoms with Gasteiger partial charge in [-0.2, -0.15) is 0 Å². The van der Waals surface area contributed by atoms with Gasteiger partial charge in [0.1, 0.15) is 9.71 Å². The van der Waals surface area contributed by atoms with Crippen molar-refractivity contribution < 1.29 is 27.8 Å². The fraction of sp³-hybridized carbons (Fsp3) is 0.174. The third kappa shape index (κ3) is 3.93. The average molecular weight is 471 g/mol. The van der Waals surface area contributed by atoms with Crippen molar-refractivity contribution in [2.45, 2.75) is 6.43 Å². The number of fused-ring (bicyclic) bond motifs is 1. The van der Waals surface area contributed by atoms with Gasteiger partial charge in [-0.05, 0) is 30.3 Å². The van der Waals surface area contributed by atoms with Crippen molar-refractivity contribution in [1.29, 1.82) is 0 Å². The molecule has 0 fully saturated rings. The number of methoxy groups -OCH3 is 3. The number of halogens is 2. The molecule has 3 heterocycles. The van der Waals surface area contributed by atoms with Crippen LogP contribution in [0.4, 0.5) is 14.5 Å². The van der Waals surface area contributed by atoms with Gasteiger partial charge in [0.25, 0.3) is 6.43 Å². The number of carbonyl (C=O) groups is 1. The highest BCUT2D eigenvalue weighted by Crippen LogP contribution is 2.43. The molecular weight excluding hydrogens is 452 g/mol. The summed E-state index contributed by atoms with van der Waals surface area (Å²) in [5.74, 6) is 0.414. The first kappa shape index (κ1) is 22.4. The molecule has 0 unspecified atom stereocenters. The molecule has 170 valence electrons. The Bertz CT molecular complexity index is 1320. The highest BCUT2D eigenvalue weighted by atomic mass is 32.1. The molecule has 4 rings (SSSR count). The number of nitrogens with zero attached hydrogens (tertiary/aromatic N) is 2. The van der Waals surface area contributed by atoms with E-state index in [2.05, 4.69) is 9.97 Å². The Morgan fingerprint density at radius 3 is 2.33 bits per heavy atom. The molecule has 10 heteroatoms. The first-order valence-electron chi connectivity index (χ1n) is 9.65. The summed E-state index contributed by atoms with van der Waals surface area (Å²) in [6.07, 6.45) is 0.294. The van der Waals surface area contributed by atoms with E-state index in [4.69, 9.17) is 19.9 Å². The number of carbonyl (C=O) groups excluding carboxylic acids is 1. The van der Waals surface area contributed by atoms with Crippen molar-refractivity contribution in [3.63, 3.8) is 0 Å². The quantitative estimate of drug-likeness (QED) is 0.373. The van der Waals surface area contributed by atoms with E-state index in [1.54, 1.807) is 18.3 Å². The Hall–Kier alpha value is -3.79. The van der Waals surface area contributed by atoms with E-state index in [0.717, 1.165) is 11.3 Å². The molecule has 0 aliphatic heterocycles. The molecule has 7 nitrogen and oxygen atoms in total. The molecule has 0 radical (unpaired) electrons. The first-order chi connectivity index (χ1) is 15.9. The number of pyridine rings is 2. The predicted octanol–water partition coefficient (Wildman–Crippen LogP) is 5.13. The van der Waals surface area contributed by atoms with Crippen molar-refractivity contribution in [2.75, 3.05) is 27.1 Å². The Kier molecular flexibility index (Phi) is 6.10. The molecule has 2 N–H and O–H groups in total. The number of thiophene rings is 1. The smallest absolute Gasteiger partial charge is 0.264 e. The lowest BCUT2D eigenvalue weighted by atomic mass is 10.0. The molecule has 0 bridgehead atoms. The van der Waals surface area contributed by atoms with Crippen LogP contribution in [0, 0.1) is 0 Å². The number of alkyl halides is 2. The molecule has 33 heavy (non-hydrogen) atoms. The van der Waals surface area contributed by atoms with Gasteiger partial charge in [0.2, 0.25) is 11.5 Å². The largest absolute Gasteiger partial charge is 0.493 e. The number of benzene rings is 1. The van der Waals surface area contributed by atoms with Gasteiger partial charge in [-0.15, -0.1) is 11.3 Å². The summed E-state index contributed by atoms with van der Waals surface area (Å²) < 4.78 is 43.8. The zero-order chi connectivity index (χ0) is 23.7.